The van der Waals surface area contributed by atoms with E-state index >= 15 is 0 Å². The molecule has 25 heavy (non-hydrogen) atoms. The molecule has 0 atom stereocenters. The number of carbonyl (C=O) groups excluding carboxylic acids is 1. The van der Waals surface area contributed by atoms with Gasteiger partial charge in [-0.2, -0.15) is 5.10 Å². The molecule has 7 heteroatoms. The number of ether oxygens (including phenoxy) is 1. The molecule has 1 N–H and O–H groups in total. The Morgan fingerprint density at radius 1 is 1.32 bits per heavy atom. The first-order chi connectivity index (χ1) is 11.9. The zero-order chi connectivity index (χ0) is 18.0. The maximum Gasteiger partial charge on any atom is 0.272 e. The second-order valence-electron chi connectivity index (χ2n) is 7.30. The molecule has 0 radical (unpaired) electrons. The molecule has 0 unspecified atom stereocenters. The quantitative estimate of drug-likeness (QED) is 0.844. The minimum atomic E-state index is -0.196. The minimum Gasteiger partial charge on any atom is -0.379 e. The van der Waals surface area contributed by atoms with Gasteiger partial charge in [-0.05, 0) is 39.0 Å². The van der Waals surface area contributed by atoms with E-state index in [4.69, 9.17) is 4.74 Å². The average molecular weight is 409 g/mol. The van der Waals surface area contributed by atoms with Crippen LogP contribution in [0.1, 0.15) is 31.3 Å². The van der Waals surface area contributed by atoms with Crippen LogP contribution in [0.5, 0.6) is 0 Å². The van der Waals surface area contributed by atoms with Crippen LogP contribution >= 0.6 is 15.9 Å². The lowest BCUT2D eigenvalue weighted by atomic mass is 10.1. The van der Waals surface area contributed by atoms with E-state index in [9.17, 15) is 4.79 Å². The van der Waals surface area contributed by atoms with Crippen molar-refractivity contribution in [3.8, 4) is 0 Å². The standard InChI is InChI=1S/C18H25BrN4O2/c1-18(2,3)23-15-5-4-13(19)12-14(15)16(21-23)17(24)20-6-7-22-8-10-25-11-9-22/h4-5,12H,6-11H2,1-3H3,(H,20,24). The Morgan fingerprint density at radius 3 is 2.72 bits per heavy atom. The molecular formula is C18H25BrN4O2. The predicted molar refractivity (Wildman–Crippen MR) is 102 cm³/mol. The highest BCUT2D eigenvalue weighted by molar-refractivity contribution is 9.10. The molecule has 1 fully saturated rings. The SMILES string of the molecule is CC(C)(C)n1nc(C(=O)NCCN2CCOCC2)c2cc(Br)ccc21. The van der Waals surface area contributed by atoms with E-state index in [1.165, 1.54) is 0 Å². The summed E-state index contributed by atoms with van der Waals surface area (Å²) in [6.45, 7) is 11.1. The van der Waals surface area contributed by atoms with Gasteiger partial charge in [-0.1, -0.05) is 15.9 Å². The summed E-state index contributed by atoms with van der Waals surface area (Å²) in [4.78, 5) is 15.0. The highest BCUT2D eigenvalue weighted by atomic mass is 79.9. The van der Waals surface area contributed by atoms with E-state index in [1.54, 1.807) is 0 Å². The number of morpholine rings is 1. The molecule has 0 saturated carbocycles. The molecule has 1 aromatic heterocycles. The fourth-order valence-electron chi connectivity index (χ4n) is 3.01. The van der Waals surface area contributed by atoms with Crippen LogP contribution < -0.4 is 5.32 Å². The van der Waals surface area contributed by atoms with Gasteiger partial charge in [0.2, 0.25) is 0 Å². The number of hydrogen-bond donors (Lipinski definition) is 1. The lowest BCUT2D eigenvalue weighted by Crippen LogP contribution is -2.41. The Hall–Kier alpha value is -1.44. The lowest BCUT2D eigenvalue weighted by molar-refractivity contribution is 0.0383. The second kappa shape index (κ2) is 7.43. The monoisotopic (exact) mass is 408 g/mol. The highest BCUT2D eigenvalue weighted by Crippen LogP contribution is 2.27. The molecule has 1 saturated heterocycles. The molecule has 1 aliphatic rings. The fraction of sp³-hybridized carbons (Fsp3) is 0.556. The molecule has 1 amide bonds. The predicted octanol–water partition coefficient (Wildman–Crippen LogP) is 2.62. The van der Waals surface area contributed by atoms with Crippen LogP contribution in [0.3, 0.4) is 0 Å². The van der Waals surface area contributed by atoms with Crippen LogP contribution in [0.15, 0.2) is 22.7 Å². The summed E-state index contributed by atoms with van der Waals surface area (Å²) in [6, 6.07) is 5.94. The first-order valence-corrected chi connectivity index (χ1v) is 9.42. The topological polar surface area (TPSA) is 59.4 Å². The Bertz CT molecular complexity index is 760. The number of benzene rings is 1. The number of carbonyl (C=O) groups is 1. The average Bonchev–Trinajstić information content (AvgIpc) is 2.94. The summed E-state index contributed by atoms with van der Waals surface area (Å²) < 4.78 is 8.21. The van der Waals surface area contributed by atoms with Crippen molar-refractivity contribution in [2.24, 2.45) is 0 Å². The van der Waals surface area contributed by atoms with E-state index in [1.807, 2.05) is 22.9 Å². The number of amides is 1. The molecule has 3 rings (SSSR count). The largest absolute Gasteiger partial charge is 0.379 e. The molecule has 0 spiro atoms. The molecule has 0 aliphatic carbocycles. The zero-order valence-electron chi connectivity index (χ0n) is 15.0. The van der Waals surface area contributed by atoms with Crippen molar-refractivity contribution in [1.29, 1.82) is 0 Å². The molecule has 2 heterocycles. The van der Waals surface area contributed by atoms with Gasteiger partial charge in [0.25, 0.3) is 5.91 Å². The first kappa shape index (κ1) is 18.4. The molecule has 0 bridgehead atoms. The van der Waals surface area contributed by atoms with Gasteiger partial charge in [0.15, 0.2) is 5.69 Å². The van der Waals surface area contributed by atoms with Crippen LogP contribution in [-0.4, -0.2) is 60.0 Å². The smallest absolute Gasteiger partial charge is 0.272 e. The zero-order valence-corrected chi connectivity index (χ0v) is 16.6. The van der Waals surface area contributed by atoms with Gasteiger partial charge in [-0.25, -0.2) is 0 Å². The third-order valence-electron chi connectivity index (χ3n) is 4.31. The fourth-order valence-corrected chi connectivity index (χ4v) is 3.37. The second-order valence-corrected chi connectivity index (χ2v) is 8.22. The number of nitrogens with one attached hydrogen (secondary N) is 1. The maximum absolute atomic E-state index is 12.7. The van der Waals surface area contributed by atoms with E-state index in [2.05, 4.69) is 52.0 Å². The maximum atomic E-state index is 12.7. The summed E-state index contributed by atoms with van der Waals surface area (Å²) >= 11 is 3.49. The normalized spacial score (nSPS) is 16.3. The number of hydrogen-bond acceptors (Lipinski definition) is 4. The van der Waals surface area contributed by atoms with Crippen LogP contribution in [-0.2, 0) is 10.3 Å². The number of nitrogens with zero attached hydrogens (tertiary/aromatic N) is 3. The van der Waals surface area contributed by atoms with Gasteiger partial charge in [0, 0.05) is 36.0 Å². The molecule has 1 aliphatic heterocycles. The van der Waals surface area contributed by atoms with Crippen LogP contribution in [0.4, 0.5) is 0 Å². The van der Waals surface area contributed by atoms with Crippen molar-refractivity contribution in [2.75, 3.05) is 39.4 Å². The number of fused-ring (bicyclic) bond motifs is 1. The van der Waals surface area contributed by atoms with Crippen molar-refractivity contribution < 1.29 is 9.53 Å². The molecular weight excluding hydrogens is 384 g/mol. The van der Waals surface area contributed by atoms with Crippen LogP contribution in [0.2, 0.25) is 0 Å². The summed E-state index contributed by atoms with van der Waals surface area (Å²) in [6.07, 6.45) is 0. The first-order valence-electron chi connectivity index (χ1n) is 8.63. The van der Waals surface area contributed by atoms with Crippen LogP contribution in [0, 0.1) is 0 Å². The summed E-state index contributed by atoms with van der Waals surface area (Å²) in [5.74, 6) is -0.126. The number of rotatable bonds is 4. The Labute approximate surface area is 156 Å². The van der Waals surface area contributed by atoms with E-state index in [0.29, 0.717) is 12.2 Å². The van der Waals surface area contributed by atoms with Gasteiger partial charge in [0.1, 0.15) is 0 Å². The molecule has 6 nitrogen and oxygen atoms in total. The summed E-state index contributed by atoms with van der Waals surface area (Å²) in [7, 11) is 0. The van der Waals surface area contributed by atoms with Crippen molar-refractivity contribution in [3.63, 3.8) is 0 Å². The highest BCUT2D eigenvalue weighted by Gasteiger charge is 2.23. The number of aromatic nitrogens is 2. The Balaban J connectivity index is 1.77. The number of halogens is 1. The van der Waals surface area contributed by atoms with E-state index in [-0.39, 0.29) is 11.4 Å². The Kier molecular flexibility index (Phi) is 5.46. The van der Waals surface area contributed by atoms with Gasteiger partial charge >= 0.3 is 0 Å². The van der Waals surface area contributed by atoms with Crippen molar-refractivity contribution in [2.45, 2.75) is 26.3 Å². The van der Waals surface area contributed by atoms with Gasteiger partial charge in [0.05, 0.1) is 24.3 Å². The summed E-state index contributed by atoms with van der Waals surface area (Å²) in [5, 5.41) is 8.50. The van der Waals surface area contributed by atoms with Gasteiger partial charge in [-0.15, -0.1) is 0 Å². The van der Waals surface area contributed by atoms with Crippen molar-refractivity contribution in [3.05, 3.63) is 28.4 Å². The van der Waals surface area contributed by atoms with Gasteiger partial charge < -0.3 is 10.1 Å². The minimum absolute atomic E-state index is 0.126. The molecule has 2 aromatic rings. The lowest BCUT2D eigenvalue weighted by Gasteiger charge is -2.26. The molecule has 1 aromatic carbocycles. The summed E-state index contributed by atoms with van der Waals surface area (Å²) in [5.41, 5.74) is 1.25. The third-order valence-corrected chi connectivity index (χ3v) is 4.80. The third kappa shape index (κ3) is 4.22. The molecule has 136 valence electrons. The van der Waals surface area contributed by atoms with Crippen LogP contribution in [0.25, 0.3) is 10.9 Å². The van der Waals surface area contributed by atoms with Gasteiger partial charge in [-0.3, -0.25) is 14.4 Å². The van der Waals surface area contributed by atoms with Crippen molar-refractivity contribution in [1.82, 2.24) is 20.0 Å². The Morgan fingerprint density at radius 2 is 2.04 bits per heavy atom. The van der Waals surface area contributed by atoms with Crippen molar-refractivity contribution >= 4 is 32.7 Å². The van der Waals surface area contributed by atoms with E-state index < -0.39 is 0 Å². The van der Waals surface area contributed by atoms with E-state index in [0.717, 1.165) is 48.2 Å².